The average molecular weight is 235 g/mol. The highest BCUT2D eigenvalue weighted by Crippen LogP contribution is 2.48. The molecule has 1 aromatic rings. The smallest absolute Gasteiger partial charge is 0.125 e. The lowest BCUT2D eigenvalue weighted by atomic mass is 9.95. The van der Waals surface area contributed by atoms with E-state index in [0.29, 0.717) is 5.41 Å². The third-order valence-electron chi connectivity index (χ3n) is 3.78. The first-order chi connectivity index (χ1) is 8.14. The van der Waals surface area contributed by atoms with E-state index in [-0.39, 0.29) is 0 Å². The predicted octanol–water partition coefficient (Wildman–Crippen LogP) is 2.29. The largest absolute Gasteiger partial charge is 0.496 e. The second kappa shape index (κ2) is 4.57. The maximum absolute atomic E-state index is 5.83. The summed E-state index contributed by atoms with van der Waals surface area (Å²) in [5, 5.41) is 0. The van der Waals surface area contributed by atoms with Crippen molar-refractivity contribution in [2.24, 2.45) is 11.1 Å². The van der Waals surface area contributed by atoms with Crippen molar-refractivity contribution in [3.8, 4) is 11.5 Å². The molecular weight excluding hydrogens is 214 g/mol. The van der Waals surface area contributed by atoms with E-state index in [4.69, 9.17) is 15.2 Å². The van der Waals surface area contributed by atoms with Crippen LogP contribution < -0.4 is 15.2 Å². The summed E-state index contributed by atoms with van der Waals surface area (Å²) in [6.07, 6.45) is 3.50. The van der Waals surface area contributed by atoms with Crippen LogP contribution in [0.4, 0.5) is 0 Å². The fourth-order valence-electron chi connectivity index (χ4n) is 2.31. The maximum atomic E-state index is 5.83. The van der Waals surface area contributed by atoms with E-state index in [2.05, 4.69) is 12.1 Å². The second-order valence-electron chi connectivity index (χ2n) is 5.01. The van der Waals surface area contributed by atoms with E-state index in [1.54, 1.807) is 14.2 Å². The van der Waals surface area contributed by atoms with E-state index >= 15 is 0 Å². The SMILES string of the molecule is COc1cc(CC2(CN)CC2)cc(OC)c1C. The molecule has 0 atom stereocenters. The minimum absolute atomic E-state index is 0.339. The molecule has 0 aliphatic heterocycles. The molecule has 94 valence electrons. The molecule has 0 aromatic heterocycles. The summed E-state index contributed by atoms with van der Waals surface area (Å²) < 4.78 is 10.8. The van der Waals surface area contributed by atoms with Gasteiger partial charge in [0.25, 0.3) is 0 Å². The highest BCUT2D eigenvalue weighted by atomic mass is 16.5. The third-order valence-corrected chi connectivity index (χ3v) is 3.78. The van der Waals surface area contributed by atoms with Crippen molar-refractivity contribution in [3.63, 3.8) is 0 Å². The number of ether oxygens (including phenoxy) is 2. The highest BCUT2D eigenvalue weighted by molar-refractivity contribution is 5.47. The topological polar surface area (TPSA) is 44.5 Å². The van der Waals surface area contributed by atoms with Crippen molar-refractivity contribution in [2.75, 3.05) is 20.8 Å². The van der Waals surface area contributed by atoms with Gasteiger partial charge < -0.3 is 15.2 Å². The lowest BCUT2D eigenvalue weighted by molar-refractivity contribution is 0.386. The summed E-state index contributed by atoms with van der Waals surface area (Å²) in [5.74, 6) is 1.79. The molecule has 1 aromatic carbocycles. The summed E-state index contributed by atoms with van der Waals surface area (Å²) in [7, 11) is 3.39. The molecule has 0 saturated heterocycles. The number of nitrogens with two attached hydrogens (primary N) is 1. The van der Waals surface area contributed by atoms with Crippen molar-refractivity contribution >= 4 is 0 Å². The molecule has 0 spiro atoms. The predicted molar refractivity (Wildman–Crippen MR) is 68.7 cm³/mol. The van der Waals surface area contributed by atoms with E-state index in [0.717, 1.165) is 30.0 Å². The number of rotatable bonds is 5. The number of hydrogen-bond acceptors (Lipinski definition) is 3. The first-order valence-electron chi connectivity index (χ1n) is 6.06. The highest BCUT2D eigenvalue weighted by Gasteiger charge is 2.41. The summed E-state index contributed by atoms with van der Waals surface area (Å²) >= 11 is 0. The molecule has 0 unspecified atom stereocenters. The van der Waals surface area contributed by atoms with Gasteiger partial charge in [-0.3, -0.25) is 0 Å². The summed E-state index contributed by atoms with van der Waals surface area (Å²) in [5.41, 5.74) is 8.47. The molecule has 0 heterocycles. The van der Waals surface area contributed by atoms with Crippen LogP contribution in [-0.4, -0.2) is 20.8 Å². The number of hydrogen-bond donors (Lipinski definition) is 1. The molecule has 1 aliphatic carbocycles. The molecule has 0 amide bonds. The van der Waals surface area contributed by atoms with Crippen LogP contribution in [0.15, 0.2) is 12.1 Å². The zero-order valence-electron chi connectivity index (χ0n) is 10.9. The summed E-state index contributed by atoms with van der Waals surface area (Å²) in [4.78, 5) is 0. The molecule has 2 N–H and O–H groups in total. The molecule has 1 aliphatic rings. The van der Waals surface area contributed by atoms with Crippen LogP contribution in [0.3, 0.4) is 0 Å². The Morgan fingerprint density at radius 2 is 1.71 bits per heavy atom. The van der Waals surface area contributed by atoms with Crippen LogP contribution in [-0.2, 0) is 6.42 Å². The Hall–Kier alpha value is -1.22. The van der Waals surface area contributed by atoms with Gasteiger partial charge >= 0.3 is 0 Å². The molecule has 2 rings (SSSR count). The van der Waals surface area contributed by atoms with Gasteiger partial charge in [0.2, 0.25) is 0 Å². The molecule has 1 saturated carbocycles. The Kier molecular flexibility index (Phi) is 3.29. The van der Waals surface area contributed by atoms with Gasteiger partial charge in [-0.15, -0.1) is 0 Å². The maximum Gasteiger partial charge on any atom is 0.125 e. The van der Waals surface area contributed by atoms with Gasteiger partial charge in [-0.1, -0.05) is 0 Å². The van der Waals surface area contributed by atoms with Gasteiger partial charge in [0.15, 0.2) is 0 Å². The lowest BCUT2D eigenvalue weighted by Crippen LogP contribution is -2.18. The van der Waals surface area contributed by atoms with E-state index < -0.39 is 0 Å². The zero-order valence-corrected chi connectivity index (χ0v) is 10.9. The van der Waals surface area contributed by atoms with Crippen LogP contribution in [0.5, 0.6) is 11.5 Å². The fourth-order valence-corrected chi connectivity index (χ4v) is 2.31. The van der Waals surface area contributed by atoms with Crippen molar-refractivity contribution in [2.45, 2.75) is 26.2 Å². The Morgan fingerprint density at radius 1 is 1.18 bits per heavy atom. The Morgan fingerprint density at radius 3 is 2.06 bits per heavy atom. The summed E-state index contributed by atoms with van der Waals surface area (Å²) in [6.45, 7) is 2.78. The quantitative estimate of drug-likeness (QED) is 0.851. The van der Waals surface area contributed by atoms with Gasteiger partial charge in [-0.2, -0.15) is 0 Å². The normalized spacial score (nSPS) is 16.7. The van der Waals surface area contributed by atoms with Crippen LogP contribution in [0.1, 0.15) is 24.0 Å². The van der Waals surface area contributed by atoms with Crippen LogP contribution in [0, 0.1) is 12.3 Å². The first-order valence-corrected chi connectivity index (χ1v) is 6.06. The van der Waals surface area contributed by atoms with Crippen molar-refractivity contribution in [1.82, 2.24) is 0 Å². The van der Waals surface area contributed by atoms with Gasteiger partial charge in [-0.05, 0) is 55.8 Å². The van der Waals surface area contributed by atoms with Crippen LogP contribution in [0.2, 0.25) is 0 Å². The number of benzene rings is 1. The summed E-state index contributed by atoms with van der Waals surface area (Å²) in [6, 6.07) is 4.21. The van der Waals surface area contributed by atoms with E-state index in [9.17, 15) is 0 Å². The van der Waals surface area contributed by atoms with Crippen molar-refractivity contribution in [3.05, 3.63) is 23.3 Å². The molecule has 3 nitrogen and oxygen atoms in total. The number of methoxy groups -OCH3 is 2. The molecule has 0 bridgehead atoms. The minimum Gasteiger partial charge on any atom is -0.496 e. The van der Waals surface area contributed by atoms with Gasteiger partial charge in [0.05, 0.1) is 14.2 Å². The molecular formula is C14H21NO2. The fraction of sp³-hybridized carbons (Fsp3) is 0.571. The van der Waals surface area contributed by atoms with E-state index in [1.807, 2.05) is 6.92 Å². The lowest BCUT2D eigenvalue weighted by Gasteiger charge is -2.16. The van der Waals surface area contributed by atoms with Crippen LogP contribution in [0.25, 0.3) is 0 Å². The average Bonchev–Trinajstić information content (AvgIpc) is 3.11. The first kappa shape index (κ1) is 12.2. The van der Waals surface area contributed by atoms with Gasteiger partial charge in [-0.25, -0.2) is 0 Å². The van der Waals surface area contributed by atoms with Gasteiger partial charge in [0, 0.05) is 5.56 Å². The Balaban J connectivity index is 2.28. The van der Waals surface area contributed by atoms with E-state index in [1.165, 1.54) is 18.4 Å². The third kappa shape index (κ3) is 2.39. The molecule has 3 heteroatoms. The monoisotopic (exact) mass is 235 g/mol. The standard InChI is InChI=1S/C14H21NO2/c1-10-12(16-2)6-11(7-13(10)17-3)8-14(9-15)4-5-14/h6-7H,4-5,8-9,15H2,1-3H3. The molecule has 17 heavy (non-hydrogen) atoms. The van der Waals surface area contributed by atoms with Crippen molar-refractivity contribution < 1.29 is 9.47 Å². The second-order valence-corrected chi connectivity index (χ2v) is 5.01. The molecule has 0 radical (unpaired) electrons. The van der Waals surface area contributed by atoms with Crippen LogP contribution >= 0.6 is 0 Å². The molecule has 1 fully saturated rings. The van der Waals surface area contributed by atoms with Gasteiger partial charge in [0.1, 0.15) is 11.5 Å². The Labute approximate surface area is 103 Å². The Bertz CT molecular complexity index is 386. The zero-order chi connectivity index (χ0) is 12.5. The van der Waals surface area contributed by atoms with Crippen molar-refractivity contribution in [1.29, 1.82) is 0 Å². The minimum atomic E-state index is 0.339.